The predicted octanol–water partition coefficient (Wildman–Crippen LogP) is 5.17. The number of pyridine rings is 1. The molecule has 0 aliphatic carbocycles. The highest BCUT2D eigenvalue weighted by molar-refractivity contribution is 5.87. The molecule has 0 N–H and O–H groups in total. The maximum Gasteiger partial charge on any atom is 0.416 e. The number of carbonyl (C=O) groups is 1. The lowest BCUT2D eigenvalue weighted by Gasteiger charge is -2.31. The number of hydrogen-bond acceptors (Lipinski definition) is 4. The largest absolute Gasteiger partial charge is 0.443 e. The molecule has 1 aromatic rings. The van der Waals surface area contributed by atoms with Crippen LogP contribution < -0.4 is 4.90 Å². The van der Waals surface area contributed by atoms with Gasteiger partial charge in [-0.3, -0.25) is 9.80 Å². The first kappa shape index (κ1) is 20.7. The Morgan fingerprint density at radius 3 is 2.65 bits per heavy atom. The minimum absolute atomic E-state index is 0.0336. The molecule has 146 valence electrons. The van der Waals surface area contributed by atoms with E-state index >= 15 is 0 Å². The molecule has 1 saturated heterocycles. The lowest BCUT2D eigenvalue weighted by Crippen LogP contribution is -2.42. The summed E-state index contributed by atoms with van der Waals surface area (Å²) in [6.07, 6.45) is 6.04. The van der Waals surface area contributed by atoms with Crippen LogP contribution in [0.2, 0.25) is 0 Å². The van der Waals surface area contributed by atoms with Gasteiger partial charge in [0.1, 0.15) is 11.4 Å². The van der Waals surface area contributed by atoms with E-state index in [1.807, 2.05) is 40.0 Å². The minimum Gasteiger partial charge on any atom is -0.443 e. The standard InChI is InChI=1S/C21H35N3O2/c1-7-13-23-14-9-10-18(23)17-11-12-19(22-15-17)24(16(3)8-2)20(25)26-21(4,5)6/h11-12,15-16,18H,7-10,13-14H2,1-6H3/t16-,18-/m1/s1. The maximum absolute atomic E-state index is 12.7. The third-order valence-corrected chi connectivity index (χ3v) is 4.90. The Kier molecular flexibility index (Phi) is 7.04. The minimum atomic E-state index is -0.521. The summed E-state index contributed by atoms with van der Waals surface area (Å²) in [5.41, 5.74) is 0.723. The van der Waals surface area contributed by atoms with E-state index in [2.05, 4.69) is 29.8 Å². The second-order valence-electron chi connectivity index (χ2n) is 8.25. The predicted molar refractivity (Wildman–Crippen MR) is 107 cm³/mol. The molecule has 2 heterocycles. The molecule has 1 fully saturated rings. The molecule has 0 spiro atoms. The summed E-state index contributed by atoms with van der Waals surface area (Å²) in [5, 5.41) is 0. The Labute approximate surface area is 158 Å². The monoisotopic (exact) mass is 361 g/mol. The van der Waals surface area contributed by atoms with Crippen molar-refractivity contribution >= 4 is 11.9 Å². The lowest BCUT2D eigenvalue weighted by molar-refractivity contribution is 0.0566. The molecular formula is C21H35N3O2. The van der Waals surface area contributed by atoms with Gasteiger partial charge in [-0.2, -0.15) is 0 Å². The first-order valence-corrected chi connectivity index (χ1v) is 9.99. The third kappa shape index (κ3) is 5.19. The number of hydrogen-bond donors (Lipinski definition) is 0. The molecule has 0 bridgehead atoms. The Morgan fingerprint density at radius 2 is 2.12 bits per heavy atom. The van der Waals surface area contributed by atoms with Crippen LogP contribution in [0.1, 0.15) is 78.8 Å². The number of rotatable bonds is 6. The summed E-state index contributed by atoms with van der Waals surface area (Å²) in [4.78, 5) is 21.5. The Balaban J connectivity index is 2.20. The fourth-order valence-electron chi connectivity index (χ4n) is 3.49. The number of anilines is 1. The Bertz CT molecular complexity index is 580. The lowest BCUT2D eigenvalue weighted by atomic mass is 10.1. The van der Waals surface area contributed by atoms with Crippen LogP contribution in [0.5, 0.6) is 0 Å². The second-order valence-corrected chi connectivity index (χ2v) is 8.25. The summed E-state index contributed by atoms with van der Waals surface area (Å²) < 4.78 is 5.60. The van der Waals surface area contributed by atoms with Crippen LogP contribution in [0.3, 0.4) is 0 Å². The number of amides is 1. The molecule has 2 atom stereocenters. The zero-order valence-corrected chi connectivity index (χ0v) is 17.3. The van der Waals surface area contributed by atoms with E-state index in [0.717, 1.165) is 19.5 Å². The average Bonchev–Trinajstić information content (AvgIpc) is 3.02. The van der Waals surface area contributed by atoms with Gasteiger partial charge in [-0.1, -0.05) is 19.9 Å². The quantitative estimate of drug-likeness (QED) is 0.701. The van der Waals surface area contributed by atoms with Crippen molar-refractivity contribution in [3.8, 4) is 0 Å². The first-order valence-electron chi connectivity index (χ1n) is 9.99. The summed E-state index contributed by atoms with van der Waals surface area (Å²) in [6.45, 7) is 14.3. The molecule has 5 heteroatoms. The molecule has 1 aliphatic heterocycles. The summed E-state index contributed by atoms with van der Waals surface area (Å²) in [5.74, 6) is 0.664. The molecule has 0 radical (unpaired) electrons. The molecule has 0 saturated carbocycles. The topological polar surface area (TPSA) is 45.7 Å². The van der Waals surface area contributed by atoms with Gasteiger partial charge >= 0.3 is 6.09 Å². The maximum atomic E-state index is 12.7. The zero-order valence-electron chi connectivity index (χ0n) is 17.3. The Hall–Kier alpha value is -1.62. The van der Waals surface area contributed by atoms with E-state index in [1.165, 1.54) is 24.8 Å². The third-order valence-electron chi connectivity index (χ3n) is 4.90. The van der Waals surface area contributed by atoms with Gasteiger partial charge in [-0.15, -0.1) is 0 Å². The summed E-state index contributed by atoms with van der Waals surface area (Å²) >= 11 is 0. The Morgan fingerprint density at radius 1 is 1.38 bits per heavy atom. The SMILES string of the molecule is CCCN1CCC[C@@H]1c1ccc(N(C(=O)OC(C)(C)C)[C@H](C)CC)nc1. The van der Waals surface area contributed by atoms with Gasteiger partial charge in [0.05, 0.1) is 0 Å². The van der Waals surface area contributed by atoms with Gasteiger partial charge in [0, 0.05) is 18.3 Å². The van der Waals surface area contributed by atoms with E-state index < -0.39 is 5.60 Å². The van der Waals surface area contributed by atoms with E-state index in [0.29, 0.717) is 11.9 Å². The van der Waals surface area contributed by atoms with Crippen molar-refractivity contribution in [2.45, 2.75) is 84.9 Å². The van der Waals surface area contributed by atoms with Gasteiger partial charge < -0.3 is 4.74 Å². The molecule has 0 unspecified atom stereocenters. The number of nitrogens with zero attached hydrogens (tertiary/aromatic N) is 3. The van der Waals surface area contributed by atoms with Gasteiger partial charge in [0.2, 0.25) is 0 Å². The van der Waals surface area contributed by atoms with Crippen molar-refractivity contribution in [2.24, 2.45) is 0 Å². The summed E-state index contributed by atoms with van der Waals surface area (Å²) in [7, 11) is 0. The van der Waals surface area contributed by atoms with E-state index in [4.69, 9.17) is 4.74 Å². The molecule has 1 amide bonds. The van der Waals surface area contributed by atoms with Gasteiger partial charge in [-0.25, -0.2) is 9.78 Å². The van der Waals surface area contributed by atoms with Crippen LogP contribution in [-0.4, -0.2) is 40.7 Å². The molecule has 5 nitrogen and oxygen atoms in total. The summed E-state index contributed by atoms with van der Waals surface area (Å²) in [6, 6.07) is 4.58. The van der Waals surface area contributed by atoms with Crippen molar-refractivity contribution in [3.63, 3.8) is 0 Å². The molecule has 26 heavy (non-hydrogen) atoms. The number of carbonyl (C=O) groups excluding carboxylic acids is 1. The number of aromatic nitrogens is 1. The van der Waals surface area contributed by atoms with Crippen LogP contribution in [-0.2, 0) is 4.74 Å². The van der Waals surface area contributed by atoms with Crippen LogP contribution in [0, 0.1) is 0 Å². The molecule has 0 aromatic carbocycles. The fraction of sp³-hybridized carbons (Fsp3) is 0.714. The van der Waals surface area contributed by atoms with Crippen molar-refractivity contribution in [1.82, 2.24) is 9.88 Å². The van der Waals surface area contributed by atoms with Crippen LogP contribution in [0.4, 0.5) is 10.6 Å². The van der Waals surface area contributed by atoms with Crippen molar-refractivity contribution < 1.29 is 9.53 Å². The van der Waals surface area contributed by atoms with Crippen molar-refractivity contribution in [2.75, 3.05) is 18.0 Å². The van der Waals surface area contributed by atoms with E-state index in [1.54, 1.807) is 4.90 Å². The first-order chi connectivity index (χ1) is 12.3. The van der Waals surface area contributed by atoms with Gasteiger partial charge in [-0.05, 0) is 78.1 Å². The van der Waals surface area contributed by atoms with Crippen LogP contribution in [0.15, 0.2) is 18.3 Å². The van der Waals surface area contributed by atoms with Crippen LogP contribution in [0.25, 0.3) is 0 Å². The van der Waals surface area contributed by atoms with Crippen molar-refractivity contribution in [1.29, 1.82) is 0 Å². The van der Waals surface area contributed by atoms with Gasteiger partial charge in [0.25, 0.3) is 0 Å². The van der Waals surface area contributed by atoms with Crippen LogP contribution >= 0.6 is 0 Å². The zero-order chi connectivity index (χ0) is 19.3. The number of ether oxygens (including phenoxy) is 1. The molecule has 1 aliphatic rings. The van der Waals surface area contributed by atoms with Crippen molar-refractivity contribution in [3.05, 3.63) is 23.9 Å². The molecule has 1 aromatic heterocycles. The number of likely N-dealkylation sites (tertiary alicyclic amines) is 1. The molecular weight excluding hydrogens is 326 g/mol. The molecule has 2 rings (SSSR count). The smallest absolute Gasteiger partial charge is 0.416 e. The van der Waals surface area contributed by atoms with E-state index in [-0.39, 0.29) is 12.1 Å². The highest BCUT2D eigenvalue weighted by atomic mass is 16.6. The highest BCUT2D eigenvalue weighted by Crippen LogP contribution is 2.32. The fourth-order valence-corrected chi connectivity index (χ4v) is 3.49. The second kappa shape index (κ2) is 8.85. The normalized spacial score (nSPS) is 19.4. The van der Waals surface area contributed by atoms with E-state index in [9.17, 15) is 4.79 Å². The average molecular weight is 362 g/mol. The van der Waals surface area contributed by atoms with Gasteiger partial charge in [0.15, 0.2) is 0 Å². The highest BCUT2D eigenvalue weighted by Gasteiger charge is 2.29.